The van der Waals surface area contributed by atoms with Crippen LogP contribution in [-0.4, -0.2) is 79.4 Å². The van der Waals surface area contributed by atoms with E-state index in [0.717, 1.165) is 5.56 Å². The van der Waals surface area contributed by atoms with Gasteiger partial charge in [0.05, 0.1) is 53.1 Å². The van der Waals surface area contributed by atoms with E-state index in [0.29, 0.717) is 16.8 Å². The minimum atomic E-state index is -1.04. The standard InChI is InChI=1S/C29H32BF2N5O5/c1-17-6-7-36-23(13-20-16-35(27(38)39)8-9-40-20)26(34-24(36)10-17)25-21(31)11-19(12-22(25)32)37-15-18(14-33-37)30-41-28(2,3)29(4,5)42-30/h6-7,10-12,14-15,20H,8-9,13,16H2,1-5H3,(H,38,39). The fourth-order valence-corrected chi connectivity index (χ4v) is 5.32. The molecule has 4 aromatic rings. The van der Waals surface area contributed by atoms with E-state index in [2.05, 4.69) is 10.1 Å². The molecule has 1 atom stereocenters. The summed E-state index contributed by atoms with van der Waals surface area (Å²) in [6, 6.07) is 6.12. The predicted molar refractivity (Wildman–Crippen MR) is 151 cm³/mol. The zero-order valence-electron chi connectivity index (χ0n) is 24.1. The van der Waals surface area contributed by atoms with Gasteiger partial charge in [-0.3, -0.25) is 0 Å². The molecule has 1 unspecified atom stereocenters. The maximum absolute atomic E-state index is 15.8. The highest BCUT2D eigenvalue weighted by Gasteiger charge is 2.52. The molecule has 3 aromatic heterocycles. The van der Waals surface area contributed by atoms with Crippen LogP contribution in [-0.2, 0) is 20.5 Å². The number of rotatable bonds is 5. The third kappa shape index (κ3) is 4.95. The molecule has 0 spiro atoms. The SMILES string of the molecule is Cc1ccn2c(CC3CN(C(=O)O)CCO3)c(-c3c(F)cc(-n4cc(B5OC(C)(C)C(C)(C)O5)cn4)cc3F)nc2c1. The largest absolute Gasteiger partial charge is 0.498 e. The lowest BCUT2D eigenvalue weighted by atomic mass is 9.82. The first-order valence-electron chi connectivity index (χ1n) is 13.8. The number of carbonyl (C=O) groups is 1. The summed E-state index contributed by atoms with van der Waals surface area (Å²) in [6.45, 7) is 10.3. The number of fused-ring (bicyclic) bond motifs is 1. The van der Waals surface area contributed by atoms with Gasteiger partial charge in [-0.2, -0.15) is 5.10 Å². The molecule has 0 aliphatic carbocycles. The second kappa shape index (κ2) is 10.2. The highest BCUT2D eigenvalue weighted by atomic mass is 19.1. The smallest absolute Gasteiger partial charge is 0.465 e. The molecule has 2 fully saturated rings. The topological polar surface area (TPSA) is 103 Å². The maximum Gasteiger partial charge on any atom is 0.498 e. The molecule has 1 aromatic carbocycles. The number of morpholine rings is 1. The number of halogens is 2. The van der Waals surface area contributed by atoms with E-state index in [1.165, 1.54) is 21.7 Å². The summed E-state index contributed by atoms with van der Waals surface area (Å²) in [5.41, 5.74) is 1.56. The molecule has 2 aliphatic rings. The highest BCUT2D eigenvalue weighted by Crippen LogP contribution is 2.37. The van der Waals surface area contributed by atoms with Crippen LogP contribution in [0.2, 0.25) is 0 Å². The lowest BCUT2D eigenvalue weighted by Gasteiger charge is -2.32. The average molecular weight is 579 g/mol. The number of amides is 1. The van der Waals surface area contributed by atoms with Crippen molar-refractivity contribution < 1.29 is 32.7 Å². The number of hydrogen-bond donors (Lipinski definition) is 1. The zero-order valence-corrected chi connectivity index (χ0v) is 24.1. The van der Waals surface area contributed by atoms with Gasteiger partial charge in [0.15, 0.2) is 0 Å². The van der Waals surface area contributed by atoms with Crippen molar-refractivity contribution in [3.05, 3.63) is 65.7 Å². The quantitative estimate of drug-likeness (QED) is 0.357. The second-order valence-corrected chi connectivity index (χ2v) is 11.9. The van der Waals surface area contributed by atoms with E-state index in [1.807, 2.05) is 46.8 Å². The van der Waals surface area contributed by atoms with E-state index in [-0.39, 0.29) is 43.1 Å². The summed E-state index contributed by atoms with van der Waals surface area (Å²) in [4.78, 5) is 17.4. The molecule has 0 saturated carbocycles. The molecular weight excluding hydrogens is 547 g/mol. The van der Waals surface area contributed by atoms with Crippen molar-refractivity contribution in [2.45, 2.75) is 58.3 Å². The number of aromatic nitrogens is 4. The molecule has 10 nitrogen and oxygen atoms in total. The van der Waals surface area contributed by atoms with Crippen LogP contribution in [0.4, 0.5) is 13.6 Å². The molecule has 1 N–H and O–H groups in total. The number of imidazole rings is 1. The van der Waals surface area contributed by atoms with Crippen molar-refractivity contribution in [1.82, 2.24) is 24.1 Å². The fourth-order valence-electron chi connectivity index (χ4n) is 5.32. The van der Waals surface area contributed by atoms with Crippen LogP contribution in [0.3, 0.4) is 0 Å². The molecule has 5 heterocycles. The van der Waals surface area contributed by atoms with Crippen molar-refractivity contribution in [3.8, 4) is 16.9 Å². The Balaban J connectivity index is 1.35. The van der Waals surface area contributed by atoms with Crippen LogP contribution in [0.5, 0.6) is 0 Å². The first-order chi connectivity index (χ1) is 19.8. The Morgan fingerprint density at radius 2 is 1.83 bits per heavy atom. The lowest BCUT2D eigenvalue weighted by Crippen LogP contribution is -2.45. The number of hydrogen-bond acceptors (Lipinski definition) is 6. The first kappa shape index (κ1) is 28.3. The summed E-state index contributed by atoms with van der Waals surface area (Å²) in [6.07, 6.45) is 3.64. The molecule has 6 rings (SSSR count). The Labute approximate surface area is 242 Å². The number of nitrogens with zero attached hydrogens (tertiary/aromatic N) is 5. The van der Waals surface area contributed by atoms with Crippen LogP contribution in [0.15, 0.2) is 42.9 Å². The normalized spacial score (nSPS) is 20.0. The predicted octanol–water partition coefficient (Wildman–Crippen LogP) is 3.99. The van der Waals surface area contributed by atoms with Crippen molar-refractivity contribution in [2.75, 3.05) is 19.7 Å². The first-order valence-corrected chi connectivity index (χ1v) is 13.8. The third-order valence-corrected chi connectivity index (χ3v) is 8.37. The van der Waals surface area contributed by atoms with Gasteiger partial charge in [-0.05, 0) is 52.3 Å². The van der Waals surface area contributed by atoms with Crippen LogP contribution < -0.4 is 5.46 Å². The summed E-state index contributed by atoms with van der Waals surface area (Å²) < 4.78 is 52.8. The third-order valence-electron chi connectivity index (χ3n) is 8.37. The van der Waals surface area contributed by atoms with Crippen molar-refractivity contribution in [3.63, 3.8) is 0 Å². The fraction of sp³-hybridized carbons (Fsp3) is 0.414. The molecule has 0 radical (unpaired) electrons. The van der Waals surface area contributed by atoms with Crippen molar-refractivity contribution in [2.24, 2.45) is 0 Å². The minimum absolute atomic E-state index is 0.136. The molecule has 0 bridgehead atoms. The van der Waals surface area contributed by atoms with Crippen molar-refractivity contribution in [1.29, 1.82) is 0 Å². The van der Waals surface area contributed by atoms with Crippen LogP contribution in [0.1, 0.15) is 39.0 Å². The maximum atomic E-state index is 15.8. The molecule has 220 valence electrons. The Bertz CT molecular complexity index is 1650. The monoisotopic (exact) mass is 579 g/mol. The van der Waals surface area contributed by atoms with Gasteiger partial charge >= 0.3 is 13.2 Å². The van der Waals surface area contributed by atoms with Crippen molar-refractivity contribution >= 4 is 24.3 Å². The summed E-state index contributed by atoms with van der Waals surface area (Å²) in [5, 5.41) is 13.8. The Morgan fingerprint density at radius 1 is 1.14 bits per heavy atom. The molecular formula is C29H32BF2N5O5. The van der Waals surface area contributed by atoms with E-state index < -0.39 is 42.2 Å². The Hall–Kier alpha value is -3.81. The van der Waals surface area contributed by atoms with Gasteiger partial charge in [0.1, 0.15) is 17.3 Å². The van der Waals surface area contributed by atoms with Crippen LogP contribution >= 0.6 is 0 Å². The number of aryl methyl sites for hydroxylation is 1. The van der Waals surface area contributed by atoms with Gasteiger partial charge in [-0.1, -0.05) is 0 Å². The molecule has 2 aliphatic heterocycles. The molecule has 13 heteroatoms. The summed E-state index contributed by atoms with van der Waals surface area (Å²) in [7, 11) is -0.666. The van der Waals surface area contributed by atoms with E-state index in [9.17, 15) is 9.90 Å². The summed E-state index contributed by atoms with van der Waals surface area (Å²) in [5.74, 6) is -1.62. The van der Waals surface area contributed by atoms with Crippen LogP contribution in [0, 0.1) is 18.6 Å². The molecule has 42 heavy (non-hydrogen) atoms. The van der Waals surface area contributed by atoms with Gasteiger partial charge in [-0.25, -0.2) is 23.2 Å². The summed E-state index contributed by atoms with van der Waals surface area (Å²) >= 11 is 0. The van der Waals surface area contributed by atoms with Gasteiger partial charge in [-0.15, -0.1) is 0 Å². The zero-order chi connectivity index (χ0) is 30.0. The van der Waals surface area contributed by atoms with Gasteiger partial charge < -0.3 is 28.5 Å². The molecule has 2 saturated heterocycles. The van der Waals surface area contributed by atoms with Gasteiger partial charge in [0.25, 0.3) is 0 Å². The Kier molecular flexibility index (Phi) is 6.86. The Morgan fingerprint density at radius 3 is 2.50 bits per heavy atom. The van der Waals surface area contributed by atoms with Crippen LogP contribution in [0.25, 0.3) is 22.6 Å². The van der Waals surface area contributed by atoms with Gasteiger partial charge in [0.2, 0.25) is 0 Å². The van der Waals surface area contributed by atoms with E-state index >= 15 is 8.78 Å². The van der Waals surface area contributed by atoms with E-state index in [4.69, 9.17) is 14.0 Å². The number of ether oxygens (including phenoxy) is 1. The lowest BCUT2D eigenvalue weighted by molar-refractivity contribution is -0.0214. The number of benzene rings is 1. The number of pyridine rings is 1. The average Bonchev–Trinajstić information content (AvgIpc) is 3.58. The van der Waals surface area contributed by atoms with Gasteiger partial charge in [0, 0.05) is 49.2 Å². The second-order valence-electron chi connectivity index (χ2n) is 11.9. The highest BCUT2D eigenvalue weighted by molar-refractivity contribution is 6.62. The minimum Gasteiger partial charge on any atom is -0.465 e. The molecule has 1 amide bonds. The van der Waals surface area contributed by atoms with E-state index in [1.54, 1.807) is 23.0 Å². The number of carboxylic acid groups (broad SMARTS) is 1.